The van der Waals surface area contributed by atoms with Gasteiger partial charge in [-0.15, -0.1) is 0 Å². The third kappa shape index (κ3) is 4.70. The minimum Gasteiger partial charge on any atom is -0.492 e. The number of aromatic nitrogens is 1. The molecule has 3 heteroatoms. The Bertz CT molecular complexity index is 413. The molecule has 1 unspecified atom stereocenters. The summed E-state index contributed by atoms with van der Waals surface area (Å²) in [5.74, 6) is 2.52. The molecule has 21 heavy (non-hydrogen) atoms. The summed E-state index contributed by atoms with van der Waals surface area (Å²) >= 11 is 0. The topological polar surface area (TPSA) is 34.1 Å². The average Bonchev–Trinajstić information content (AvgIpc) is 2.52. The number of hydrogen-bond acceptors (Lipinski definition) is 3. The van der Waals surface area contributed by atoms with Gasteiger partial charge in [-0.1, -0.05) is 33.6 Å². The summed E-state index contributed by atoms with van der Waals surface area (Å²) in [6, 6.07) is 2.59. The number of hydrogen-bond donors (Lipinski definition) is 1. The van der Waals surface area contributed by atoms with E-state index in [1.165, 1.54) is 31.2 Å². The Morgan fingerprint density at radius 2 is 2.00 bits per heavy atom. The van der Waals surface area contributed by atoms with Crippen LogP contribution >= 0.6 is 0 Å². The molecular weight excluding hydrogens is 260 g/mol. The summed E-state index contributed by atoms with van der Waals surface area (Å²) in [5, 5.41) is 3.67. The zero-order valence-corrected chi connectivity index (χ0v) is 13.8. The van der Waals surface area contributed by atoms with Gasteiger partial charge in [0.1, 0.15) is 5.75 Å². The number of rotatable bonds is 7. The van der Waals surface area contributed by atoms with Crippen molar-refractivity contribution in [3.8, 4) is 5.75 Å². The van der Waals surface area contributed by atoms with E-state index in [1.807, 2.05) is 12.4 Å². The van der Waals surface area contributed by atoms with Gasteiger partial charge in [0, 0.05) is 12.2 Å². The van der Waals surface area contributed by atoms with Crippen LogP contribution in [0.25, 0.3) is 0 Å². The number of nitrogens with zero attached hydrogens (tertiary/aromatic N) is 1. The first-order valence-electron chi connectivity index (χ1n) is 8.55. The van der Waals surface area contributed by atoms with Crippen LogP contribution in [0.2, 0.25) is 0 Å². The van der Waals surface area contributed by atoms with Gasteiger partial charge in [0.15, 0.2) is 0 Å². The summed E-state index contributed by atoms with van der Waals surface area (Å²) in [6.45, 7) is 8.44. The molecule has 0 radical (unpaired) electrons. The molecule has 0 aromatic carbocycles. The lowest BCUT2D eigenvalue weighted by molar-refractivity contribution is 0.232. The fourth-order valence-corrected chi connectivity index (χ4v) is 3.30. The second-order valence-electron chi connectivity index (χ2n) is 6.36. The Labute approximate surface area is 129 Å². The summed E-state index contributed by atoms with van der Waals surface area (Å²) in [5.41, 5.74) is 1.28. The first-order chi connectivity index (χ1) is 10.2. The quantitative estimate of drug-likeness (QED) is 0.810. The van der Waals surface area contributed by atoms with Crippen LogP contribution in [0.3, 0.4) is 0 Å². The number of nitrogens with one attached hydrogen (secondary N) is 1. The van der Waals surface area contributed by atoms with E-state index in [0.29, 0.717) is 6.04 Å². The molecule has 0 bridgehead atoms. The van der Waals surface area contributed by atoms with Gasteiger partial charge >= 0.3 is 0 Å². The van der Waals surface area contributed by atoms with Crippen LogP contribution < -0.4 is 10.1 Å². The van der Waals surface area contributed by atoms with Gasteiger partial charge in [0.25, 0.3) is 0 Å². The van der Waals surface area contributed by atoms with E-state index >= 15 is 0 Å². The van der Waals surface area contributed by atoms with Crippen molar-refractivity contribution >= 4 is 0 Å². The van der Waals surface area contributed by atoms with Crippen molar-refractivity contribution in [3.05, 3.63) is 24.0 Å². The molecule has 1 aliphatic carbocycles. The molecule has 1 fully saturated rings. The lowest BCUT2D eigenvalue weighted by Crippen LogP contribution is -2.30. The van der Waals surface area contributed by atoms with E-state index in [-0.39, 0.29) is 0 Å². The molecule has 1 N–H and O–H groups in total. The number of pyridine rings is 1. The molecule has 0 amide bonds. The van der Waals surface area contributed by atoms with E-state index < -0.39 is 0 Å². The highest BCUT2D eigenvalue weighted by molar-refractivity contribution is 5.26. The lowest BCUT2D eigenvalue weighted by Gasteiger charge is -2.33. The Hall–Kier alpha value is -1.09. The molecule has 0 spiro atoms. The van der Waals surface area contributed by atoms with E-state index in [0.717, 1.165) is 37.2 Å². The Morgan fingerprint density at radius 1 is 1.24 bits per heavy atom. The Kier molecular flexibility index (Phi) is 6.50. The van der Waals surface area contributed by atoms with E-state index in [4.69, 9.17) is 4.74 Å². The standard InChI is InChI=1S/C18H30N2O/c1-4-10-21-17-11-16(12-19-13-17)18(20-5-2)15-8-6-14(3)7-9-15/h11-15,18,20H,4-10H2,1-3H3. The fourth-order valence-electron chi connectivity index (χ4n) is 3.30. The summed E-state index contributed by atoms with van der Waals surface area (Å²) in [4.78, 5) is 4.39. The Balaban J connectivity index is 2.09. The fraction of sp³-hybridized carbons (Fsp3) is 0.722. The normalized spacial score (nSPS) is 23.8. The van der Waals surface area contributed by atoms with Gasteiger partial charge in [-0.3, -0.25) is 4.98 Å². The molecule has 3 nitrogen and oxygen atoms in total. The lowest BCUT2D eigenvalue weighted by atomic mass is 9.77. The van der Waals surface area contributed by atoms with Gasteiger partial charge in [0.05, 0.1) is 12.8 Å². The monoisotopic (exact) mass is 290 g/mol. The van der Waals surface area contributed by atoms with Gasteiger partial charge in [0.2, 0.25) is 0 Å². The maximum absolute atomic E-state index is 5.74. The van der Waals surface area contributed by atoms with Crippen molar-refractivity contribution in [2.45, 2.75) is 58.9 Å². The molecule has 2 rings (SSSR count). The third-order valence-corrected chi connectivity index (χ3v) is 4.52. The smallest absolute Gasteiger partial charge is 0.137 e. The van der Waals surface area contributed by atoms with Crippen LogP contribution in [0.15, 0.2) is 18.5 Å². The molecule has 1 aliphatic rings. The molecule has 118 valence electrons. The largest absolute Gasteiger partial charge is 0.492 e. The third-order valence-electron chi connectivity index (χ3n) is 4.52. The van der Waals surface area contributed by atoms with Crippen LogP contribution in [0, 0.1) is 11.8 Å². The zero-order valence-electron chi connectivity index (χ0n) is 13.8. The summed E-state index contributed by atoms with van der Waals surface area (Å²) in [7, 11) is 0. The predicted molar refractivity (Wildman–Crippen MR) is 87.6 cm³/mol. The highest BCUT2D eigenvalue weighted by Crippen LogP contribution is 2.37. The molecule has 0 saturated heterocycles. The summed E-state index contributed by atoms with van der Waals surface area (Å²) in [6.07, 6.45) is 10.2. The van der Waals surface area contributed by atoms with E-state index in [1.54, 1.807) is 0 Å². The second kappa shape index (κ2) is 8.38. The van der Waals surface area contributed by atoms with Crippen LogP contribution in [0.5, 0.6) is 5.75 Å². The summed E-state index contributed by atoms with van der Waals surface area (Å²) < 4.78 is 5.74. The highest BCUT2D eigenvalue weighted by atomic mass is 16.5. The minimum atomic E-state index is 0.417. The van der Waals surface area contributed by atoms with E-state index in [2.05, 4.69) is 37.1 Å². The maximum Gasteiger partial charge on any atom is 0.137 e. The number of ether oxygens (including phenoxy) is 1. The van der Waals surface area contributed by atoms with Crippen molar-refractivity contribution in [1.82, 2.24) is 10.3 Å². The van der Waals surface area contributed by atoms with Gasteiger partial charge < -0.3 is 10.1 Å². The second-order valence-corrected chi connectivity index (χ2v) is 6.36. The van der Waals surface area contributed by atoms with Crippen molar-refractivity contribution in [2.75, 3.05) is 13.2 Å². The SMILES string of the molecule is CCCOc1cncc(C(NCC)C2CCC(C)CC2)c1. The van der Waals surface area contributed by atoms with Crippen molar-refractivity contribution < 1.29 is 4.74 Å². The molecule has 1 saturated carbocycles. The van der Waals surface area contributed by atoms with E-state index in [9.17, 15) is 0 Å². The molecule has 1 atom stereocenters. The first kappa shape index (κ1) is 16.3. The van der Waals surface area contributed by atoms with Gasteiger partial charge in [-0.25, -0.2) is 0 Å². The zero-order chi connectivity index (χ0) is 15.1. The van der Waals surface area contributed by atoms with Crippen LogP contribution in [0.1, 0.15) is 64.5 Å². The van der Waals surface area contributed by atoms with Crippen LogP contribution in [-0.4, -0.2) is 18.1 Å². The minimum absolute atomic E-state index is 0.417. The molecule has 1 aromatic rings. The molecular formula is C18H30N2O. The van der Waals surface area contributed by atoms with Crippen LogP contribution in [-0.2, 0) is 0 Å². The average molecular weight is 290 g/mol. The highest BCUT2D eigenvalue weighted by Gasteiger charge is 2.27. The van der Waals surface area contributed by atoms with Crippen molar-refractivity contribution in [1.29, 1.82) is 0 Å². The van der Waals surface area contributed by atoms with Gasteiger partial charge in [-0.2, -0.15) is 0 Å². The van der Waals surface area contributed by atoms with Crippen molar-refractivity contribution in [3.63, 3.8) is 0 Å². The molecule has 0 aliphatic heterocycles. The molecule has 1 aromatic heterocycles. The predicted octanol–water partition coefficient (Wildman–Crippen LogP) is 4.35. The maximum atomic E-state index is 5.74. The Morgan fingerprint density at radius 3 is 2.67 bits per heavy atom. The van der Waals surface area contributed by atoms with Gasteiger partial charge in [-0.05, 0) is 49.3 Å². The molecule has 1 heterocycles. The first-order valence-corrected chi connectivity index (χ1v) is 8.55. The van der Waals surface area contributed by atoms with Crippen molar-refractivity contribution in [2.24, 2.45) is 11.8 Å². The van der Waals surface area contributed by atoms with Crippen LogP contribution in [0.4, 0.5) is 0 Å².